The number of nitro groups is 1. The monoisotopic (exact) mass is 396 g/mol. The SMILES string of the molecule is NC(=O)OC(c1ccccc1[N+](=O)[O-])P(=O)(c1ccccc1)c1ccccc1. The van der Waals surface area contributed by atoms with Crippen molar-refractivity contribution in [2.24, 2.45) is 5.73 Å². The van der Waals surface area contributed by atoms with Crippen LogP contribution in [-0.2, 0) is 9.30 Å². The smallest absolute Gasteiger partial charge is 0.405 e. The standard InChI is InChI=1S/C20H17N2O5P/c21-20(23)27-19(17-13-7-8-14-18(17)22(24)25)28(26,15-9-3-1-4-10-15)16-11-5-2-6-12-16/h1-14,19H,(H2,21,23). The van der Waals surface area contributed by atoms with Crippen molar-refractivity contribution in [3.05, 3.63) is 101 Å². The van der Waals surface area contributed by atoms with E-state index in [1.807, 2.05) is 0 Å². The maximum absolute atomic E-state index is 14.5. The van der Waals surface area contributed by atoms with Gasteiger partial charge in [0, 0.05) is 16.7 Å². The first kappa shape index (κ1) is 19.3. The Hall–Kier alpha value is -3.44. The second-order valence-corrected chi connectivity index (χ2v) is 8.75. The number of hydrogen-bond donors (Lipinski definition) is 1. The summed E-state index contributed by atoms with van der Waals surface area (Å²) >= 11 is 0. The number of rotatable bonds is 6. The summed E-state index contributed by atoms with van der Waals surface area (Å²) in [6.07, 6.45) is -1.17. The van der Waals surface area contributed by atoms with Crippen LogP contribution < -0.4 is 16.3 Å². The molecule has 0 heterocycles. The minimum atomic E-state index is -3.70. The van der Waals surface area contributed by atoms with E-state index in [0.29, 0.717) is 10.6 Å². The van der Waals surface area contributed by atoms with Crippen LogP contribution in [0.2, 0.25) is 0 Å². The number of ether oxygens (including phenoxy) is 1. The lowest BCUT2D eigenvalue weighted by molar-refractivity contribution is -0.385. The fourth-order valence-electron chi connectivity index (χ4n) is 3.02. The van der Waals surface area contributed by atoms with Crippen molar-refractivity contribution >= 4 is 29.5 Å². The third kappa shape index (κ3) is 3.66. The largest absolute Gasteiger partial charge is 0.433 e. The second kappa shape index (κ2) is 8.06. The predicted octanol–water partition coefficient (Wildman–Crippen LogP) is 3.70. The van der Waals surface area contributed by atoms with Crippen molar-refractivity contribution < 1.29 is 19.0 Å². The first-order valence-corrected chi connectivity index (χ1v) is 10.1. The molecule has 1 unspecified atom stereocenters. The van der Waals surface area contributed by atoms with Gasteiger partial charge in [-0.1, -0.05) is 72.8 Å². The number of primary amides is 1. The van der Waals surface area contributed by atoms with E-state index in [-0.39, 0.29) is 11.3 Å². The van der Waals surface area contributed by atoms with E-state index < -0.39 is 24.0 Å². The zero-order chi connectivity index (χ0) is 20.1. The summed E-state index contributed by atoms with van der Waals surface area (Å²) in [5.74, 6) is -1.45. The zero-order valence-corrected chi connectivity index (χ0v) is 15.6. The number of para-hydroxylation sites is 1. The van der Waals surface area contributed by atoms with Crippen molar-refractivity contribution in [3.8, 4) is 0 Å². The second-order valence-electron chi connectivity index (χ2n) is 5.93. The van der Waals surface area contributed by atoms with Crippen molar-refractivity contribution in [1.29, 1.82) is 0 Å². The van der Waals surface area contributed by atoms with E-state index in [0.717, 1.165) is 0 Å². The van der Waals surface area contributed by atoms with Gasteiger partial charge in [0.2, 0.25) is 0 Å². The molecule has 3 rings (SSSR count). The summed E-state index contributed by atoms with van der Waals surface area (Å²) in [6.45, 7) is 0. The summed E-state index contributed by atoms with van der Waals surface area (Å²) in [5.41, 5.74) is 4.97. The van der Waals surface area contributed by atoms with E-state index in [4.69, 9.17) is 10.5 Å². The van der Waals surface area contributed by atoms with Crippen molar-refractivity contribution in [2.75, 3.05) is 0 Å². The lowest BCUT2D eigenvalue weighted by atomic mass is 10.2. The van der Waals surface area contributed by atoms with Gasteiger partial charge in [0.1, 0.15) is 0 Å². The van der Waals surface area contributed by atoms with E-state index >= 15 is 0 Å². The van der Waals surface area contributed by atoms with Gasteiger partial charge in [-0.05, 0) is 6.07 Å². The molecular weight excluding hydrogens is 379 g/mol. The minimum Gasteiger partial charge on any atom is -0.433 e. The van der Waals surface area contributed by atoms with Crippen LogP contribution in [0, 0.1) is 10.1 Å². The lowest BCUT2D eigenvalue weighted by Crippen LogP contribution is -2.27. The molecule has 3 aromatic carbocycles. The van der Waals surface area contributed by atoms with E-state index in [1.54, 1.807) is 66.7 Å². The van der Waals surface area contributed by atoms with E-state index in [9.17, 15) is 19.5 Å². The molecule has 7 nitrogen and oxygen atoms in total. The van der Waals surface area contributed by atoms with Crippen LogP contribution in [0.5, 0.6) is 0 Å². The summed E-state index contributed by atoms with van der Waals surface area (Å²) in [7, 11) is -3.70. The number of nitrogens with two attached hydrogens (primary N) is 1. The summed E-state index contributed by atoms with van der Waals surface area (Å²) in [4.78, 5) is 22.6. The molecule has 0 bridgehead atoms. The first-order valence-electron chi connectivity index (χ1n) is 8.35. The van der Waals surface area contributed by atoms with Crippen LogP contribution in [0.4, 0.5) is 10.5 Å². The molecule has 1 atom stereocenters. The Labute approximate surface area is 161 Å². The molecule has 0 spiro atoms. The molecule has 0 saturated heterocycles. The number of amides is 1. The van der Waals surface area contributed by atoms with Crippen molar-refractivity contribution in [3.63, 3.8) is 0 Å². The molecule has 28 heavy (non-hydrogen) atoms. The lowest BCUT2D eigenvalue weighted by Gasteiger charge is -2.28. The molecule has 142 valence electrons. The van der Waals surface area contributed by atoms with Crippen LogP contribution in [0.1, 0.15) is 11.4 Å². The predicted molar refractivity (Wildman–Crippen MR) is 106 cm³/mol. The molecule has 0 saturated carbocycles. The van der Waals surface area contributed by atoms with Gasteiger partial charge in [-0.15, -0.1) is 0 Å². The van der Waals surface area contributed by atoms with E-state index in [1.165, 1.54) is 18.2 Å². The number of hydrogen-bond acceptors (Lipinski definition) is 5. The Balaban J connectivity index is 2.33. The highest BCUT2D eigenvalue weighted by molar-refractivity contribution is 7.78. The van der Waals surface area contributed by atoms with Crippen LogP contribution in [-0.4, -0.2) is 11.0 Å². The number of nitro benzene ring substituents is 1. The fraction of sp³-hybridized carbons (Fsp3) is 0.0500. The molecule has 0 aromatic heterocycles. The maximum Gasteiger partial charge on any atom is 0.405 e. The highest BCUT2D eigenvalue weighted by Crippen LogP contribution is 2.59. The van der Waals surface area contributed by atoms with Gasteiger partial charge in [0.25, 0.3) is 5.69 Å². The van der Waals surface area contributed by atoms with Crippen molar-refractivity contribution in [1.82, 2.24) is 0 Å². The summed E-state index contributed by atoms with van der Waals surface area (Å²) < 4.78 is 19.7. The summed E-state index contributed by atoms with van der Waals surface area (Å²) in [5, 5.41) is 12.3. The van der Waals surface area contributed by atoms with Crippen molar-refractivity contribution in [2.45, 2.75) is 5.85 Å². The Morgan fingerprint density at radius 1 is 0.893 bits per heavy atom. The highest BCUT2D eigenvalue weighted by atomic mass is 31.2. The third-order valence-electron chi connectivity index (χ3n) is 4.24. The highest BCUT2D eigenvalue weighted by Gasteiger charge is 2.43. The molecule has 3 aromatic rings. The normalized spacial score (nSPS) is 12.1. The van der Waals surface area contributed by atoms with Gasteiger partial charge in [0.15, 0.2) is 13.0 Å². The van der Waals surface area contributed by atoms with Crippen LogP contribution >= 0.6 is 7.14 Å². The molecule has 0 aliphatic rings. The molecule has 0 fully saturated rings. The fourth-order valence-corrected chi connectivity index (χ4v) is 5.96. The van der Waals surface area contributed by atoms with Gasteiger partial charge in [0.05, 0.1) is 10.5 Å². The quantitative estimate of drug-likeness (QED) is 0.388. The van der Waals surface area contributed by atoms with Gasteiger partial charge in [-0.2, -0.15) is 0 Å². The molecule has 0 aliphatic carbocycles. The minimum absolute atomic E-state index is 0.0161. The molecule has 0 aliphatic heterocycles. The molecule has 0 radical (unpaired) electrons. The number of benzene rings is 3. The van der Waals surface area contributed by atoms with Crippen LogP contribution in [0.25, 0.3) is 0 Å². The molecular formula is C20H17N2O5P. The van der Waals surface area contributed by atoms with Gasteiger partial charge < -0.3 is 15.0 Å². The zero-order valence-electron chi connectivity index (χ0n) is 14.7. The average molecular weight is 396 g/mol. The number of carbonyl (C=O) groups excluding carboxylic acids is 1. The first-order chi connectivity index (χ1) is 13.4. The third-order valence-corrected chi connectivity index (χ3v) is 7.41. The Morgan fingerprint density at radius 2 is 1.36 bits per heavy atom. The Kier molecular flexibility index (Phi) is 5.57. The Morgan fingerprint density at radius 3 is 1.82 bits per heavy atom. The maximum atomic E-state index is 14.5. The number of nitrogens with zero attached hydrogens (tertiary/aromatic N) is 1. The molecule has 2 N–H and O–H groups in total. The number of carbonyl (C=O) groups is 1. The van der Waals surface area contributed by atoms with Crippen LogP contribution in [0.3, 0.4) is 0 Å². The van der Waals surface area contributed by atoms with Gasteiger partial charge >= 0.3 is 6.09 Å². The average Bonchev–Trinajstić information content (AvgIpc) is 2.72. The van der Waals surface area contributed by atoms with Gasteiger partial charge in [-0.3, -0.25) is 10.1 Å². The van der Waals surface area contributed by atoms with Crippen LogP contribution in [0.15, 0.2) is 84.9 Å². The van der Waals surface area contributed by atoms with E-state index in [2.05, 4.69) is 0 Å². The Bertz CT molecular complexity index is 997. The molecule has 8 heteroatoms. The summed E-state index contributed by atoms with van der Waals surface area (Å²) in [6, 6.07) is 22.6. The van der Waals surface area contributed by atoms with Gasteiger partial charge in [-0.25, -0.2) is 4.79 Å². The topological polar surface area (TPSA) is 113 Å². The molecule has 1 amide bonds.